The van der Waals surface area contributed by atoms with Crippen molar-refractivity contribution in [2.45, 2.75) is 65.1 Å². The van der Waals surface area contributed by atoms with E-state index in [1.807, 2.05) is 20.8 Å². The second-order valence-corrected chi connectivity index (χ2v) is 8.33. The molecular weight excluding hydrogens is 493 g/mol. The SMILES string of the molecule is CCC[C@@H](NC(=O)N(C=O)[C@@H](Oc1ccc(C(=O)O)cc1)C(CC)CC)c1ccc(OC(F)(F)F)cc1. The summed E-state index contributed by atoms with van der Waals surface area (Å²) in [5.41, 5.74) is 0.602. The number of carboxylic acids is 1. The topological polar surface area (TPSA) is 105 Å². The third-order valence-electron chi connectivity index (χ3n) is 5.82. The Labute approximate surface area is 213 Å². The molecular formula is C26H31F3N2O6. The molecule has 2 atom stereocenters. The molecule has 2 rings (SSSR count). The van der Waals surface area contributed by atoms with Crippen LogP contribution >= 0.6 is 0 Å². The molecule has 0 aliphatic carbocycles. The largest absolute Gasteiger partial charge is 0.573 e. The van der Waals surface area contributed by atoms with Crippen LogP contribution in [0.5, 0.6) is 11.5 Å². The fourth-order valence-corrected chi connectivity index (χ4v) is 3.85. The van der Waals surface area contributed by atoms with Crippen LogP contribution in [-0.4, -0.2) is 41.0 Å². The number of imide groups is 1. The Balaban J connectivity index is 2.27. The minimum atomic E-state index is -4.82. The van der Waals surface area contributed by atoms with Crippen LogP contribution in [0.25, 0.3) is 0 Å². The van der Waals surface area contributed by atoms with Gasteiger partial charge in [-0.3, -0.25) is 4.79 Å². The summed E-state index contributed by atoms with van der Waals surface area (Å²) >= 11 is 0. The number of urea groups is 1. The molecule has 0 saturated carbocycles. The highest BCUT2D eigenvalue weighted by atomic mass is 19.4. The number of halogens is 3. The molecule has 0 aliphatic rings. The number of aromatic carboxylic acids is 1. The highest BCUT2D eigenvalue weighted by Gasteiger charge is 2.33. The molecule has 3 amide bonds. The van der Waals surface area contributed by atoms with Crippen molar-refractivity contribution in [3.05, 3.63) is 59.7 Å². The molecule has 8 nitrogen and oxygen atoms in total. The van der Waals surface area contributed by atoms with E-state index in [4.69, 9.17) is 9.84 Å². The van der Waals surface area contributed by atoms with Crippen LogP contribution in [0.15, 0.2) is 48.5 Å². The minimum Gasteiger partial charge on any atom is -0.478 e. The Morgan fingerprint density at radius 2 is 1.57 bits per heavy atom. The molecule has 0 bridgehead atoms. The average Bonchev–Trinajstić information content (AvgIpc) is 2.84. The molecule has 2 aromatic rings. The van der Waals surface area contributed by atoms with Crippen molar-refractivity contribution in [2.24, 2.45) is 5.92 Å². The van der Waals surface area contributed by atoms with E-state index in [1.165, 1.54) is 36.4 Å². The molecule has 0 aromatic heterocycles. The van der Waals surface area contributed by atoms with Gasteiger partial charge in [-0.25, -0.2) is 14.5 Å². The molecule has 11 heteroatoms. The monoisotopic (exact) mass is 524 g/mol. The van der Waals surface area contributed by atoms with Crippen LogP contribution in [0, 0.1) is 5.92 Å². The number of nitrogens with zero attached hydrogens (tertiary/aromatic N) is 1. The van der Waals surface area contributed by atoms with Crippen LogP contribution in [0.1, 0.15) is 68.4 Å². The van der Waals surface area contributed by atoms with Crippen molar-refractivity contribution < 1.29 is 42.1 Å². The second-order valence-electron chi connectivity index (χ2n) is 8.33. The van der Waals surface area contributed by atoms with E-state index in [-0.39, 0.29) is 23.0 Å². The lowest BCUT2D eigenvalue weighted by atomic mass is 10.00. The Morgan fingerprint density at radius 1 is 1.00 bits per heavy atom. The normalized spacial score (nSPS) is 12.9. The zero-order valence-electron chi connectivity index (χ0n) is 20.8. The Morgan fingerprint density at radius 3 is 2.03 bits per heavy atom. The number of carbonyl (C=O) groups is 3. The smallest absolute Gasteiger partial charge is 0.478 e. The van der Waals surface area contributed by atoms with Crippen LogP contribution in [-0.2, 0) is 4.79 Å². The predicted octanol–water partition coefficient (Wildman–Crippen LogP) is 6.13. The predicted molar refractivity (Wildman–Crippen MR) is 129 cm³/mol. The number of ether oxygens (including phenoxy) is 2. The average molecular weight is 525 g/mol. The summed E-state index contributed by atoms with van der Waals surface area (Å²) in [6.45, 7) is 5.67. The number of amides is 3. The third kappa shape index (κ3) is 8.69. The maximum atomic E-state index is 13.3. The first-order valence-electron chi connectivity index (χ1n) is 11.9. The van der Waals surface area contributed by atoms with Gasteiger partial charge in [-0.2, -0.15) is 0 Å². The van der Waals surface area contributed by atoms with E-state index in [1.54, 1.807) is 0 Å². The standard InChI is InChI=1S/C26H31F3N2O6/c1-4-7-22(18-8-14-21(15-9-18)37-26(27,28)29)30-25(35)31(16-32)23(17(5-2)6-3)36-20-12-10-19(11-13-20)24(33)34/h8-17,22-23H,4-7H2,1-3H3,(H,30,35)(H,33,34)/t22-,23+/m1/s1. The number of carbonyl (C=O) groups excluding carboxylic acids is 2. The number of alkyl halides is 3. The molecule has 2 N–H and O–H groups in total. The molecule has 0 saturated heterocycles. The summed E-state index contributed by atoms with van der Waals surface area (Å²) in [4.78, 5) is 37.4. The molecule has 2 aromatic carbocycles. The van der Waals surface area contributed by atoms with Gasteiger partial charge in [-0.1, -0.05) is 39.3 Å². The van der Waals surface area contributed by atoms with Gasteiger partial charge < -0.3 is 19.9 Å². The minimum absolute atomic E-state index is 0.0606. The van der Waals surface area contributed by atoms with Crippen molar-refractivity contribution in [1.29, 1.82) is 0 Å². The summed E-state index contributed by atoms with van der Waals surface area (Å²) in [7, 11) is 0. The van der Waals surface area contributed by atoms with Crippen molar-refractivity contribution >= 4 is 18.4 Å². The summed E-state index contributed by atoms with van der Waals surface area (Å²) in [6, 6.07) is 9.46. The lowest BCUT2D eigenvalue weighted by molar-refractivity contribution is -0.274. The third-order valence-corrected chi connectivity index (χ3v) is 5.82. The van der Waals surface area contributed by atoms with Crippen LogP contribution in [0.2, 0.25) is 0 Å². The molecule has 0 radical (unpaired) electrons. The number of nitrogens with one attached hydrogen (secondary N) is 1. The fraction of sp³-hybridized carbons (Fsp3) is 0.423. The second kappa shape index (κ2) is 13.5. The molecule has 0 fully saturated rings. The number of carboxylic acid groups (broad SMARTS) is 1. The van der Waals surface area contributed by atoms with Crippen LogP contribution < -0.4 is 14.8 Å². The summed E-state index contributed by atoms with van der Waals surface area (Å²) < 4.78 is 47.3. The summed E-state index contributed by atoms with van der Waals surface area (Å²) in [5.74, 6) is -1.43. The number of benzene rings is 2. The van der Waals surface area contributed by atoms with E-state index in [0.717, 1.165) is 17.0 Å². The van der Waals surface area contributed by atoms with E-state index in [9.17, 15) is 27.6 Å². The highest BCUT2D eigenvalue weighted by molar-refractivity contribution is 5.87. The first-order valence-corrected chi connectivity index (χ1v) is 11.9. The van der Waals surface area contributed by atoms with Gasteiger partial charge in [0, 0.05) is 5.92 Å². The van der Waals surface area contributed by atoms with Gasteiger partial charge in [-0.05, 0) is 61.2 Å². The zero-order chi connectivity index (χ0) is 27.6. The fourth-order valence-electron chi connectivity index (χ4n) is 3.85. The maximum Gasteiger partial charge on any atom is 0.573 e. The number of hydrogen-bond acceptors (Lipinski definition) is 5. The Hall–Kier alpha value is -3.76. The van der Waals surface area contributed by atoms with E-state index in [0.29, 0.717) is 37.7 Å². The van der Waals surface area contributed by atoms with Gasteiger partial charge in [0.2, 0.25) is 6.41 Å². The quantitative estimate of drug-likeness (QED) is 0.241. The molecule has 0 aliphatic heterocycles. The van der Waals surface area contributed by atoms with Crippen molar-refractivity contribution in [1.82, 2.24) is 10.2 Å². The van der Waals surface area contributed by atoms with E-state index in [2.05, 4.69) is 10.1 Å². The van der Waals surface area contributed by atoms with Gasteiger partial charge in [0.15, 0.2) is 6.23 Å². The van der Waals surface area contributed by atoms with Gasteiger partial charge in [0.05, 0.1) is 11.6 Å². The molecule has 37 heavy (non-hydrogen) atoms. The lowest BCUT2D eigenvalue weighted by Gasteiger charge is -2.34. The van der Waals surface area contributed by atoms with Gasteiger partial charge in [0.25, 0.3) is 0 Å². The number of rotatable bonds is 13. The molecule has 0 spiro atoms. The maximum absolute atomic E-state index is 13.3. The zero-order valence-corrected chi connectivity index (χ0v) is 20.8. The van der Waals surface area contributed by atoms with Gasteiger partial charge in [-0.15, -0.1) is 13.2 Å². The Bertz CT molecular complexity index is 1020. The van der Waals surface area contributed by atoms with Crippen molar-refractivity contribution in [3.63, 3.8) is 0 Å². The highest BCUT2D eigenvalue weighted by Crippen LogP contribution is 2.27. The van der Waals surface area contributed by atoms with E-state index < -0.39 is 30.6 Å². The first-order chi connectivity index (χ1) is 17.5. The van der Waals surface area contributed by atoms with E-state index >= 15 is 0 Å². The molecule has 0 heterocycles. The first kappa shape index (κ1) is 29.5. The lowest BCUT2D eigenvalue weighted by Crippen LogP contribution is -2.51. The molecule has 0 unspecified atom stereocenters. The molecule has 202 valence electrons. The van der Waals surface area contributed by atoms with Crippen molar-refractivity contribution in [3.8, 4) is 11.5 Å². The van der Waals surface area contributed by atoms with Gasteiger partial charge >= 0.3 is 18.4 Å². The Kier molecular flexibility index (Phi) is 10.8. The van der Waals surface area contributed by atoms with Crippen molar-refractivity contribution in [2.75, 3.05) is 0 Å². The van der Waals surface area contributed by atoms with Gasteiger partial charge in [0.1, 0.15) is 11.5 Å². The van der Waals surface area contributed by atoms with Crippen LogP contribution in [0.3, 0.4) is 0 Å². The van der Waals surface area contributed by atoms with Crippen LogP contribution in [0.4, 0.5) is 18.0 Å². The summed E-state index contributed by atoms with van der Waals surface area (Å²) in [5, 5.41) is 11.9. The summed E-state index contributed by atoms with van der Waals surface area (Å²) in [6.07, 6.45) is -3.14. The number of hydrogen-bond donors (Lipinski definition) is 2.